The van der Waals surface area contributed by atoms with Crippen molar-refractivity contribution in [3.63, 3.8) is 0 Å². The molecule has 4 atom stereocenters. The van der Waals surface area contributed by atoms with Gasteiger partial charge in [-0.25, -0.2) is 9.78 Å². The largest absolute Gasteiger partial charge is 0.456 e. The number of halogens is 1. The highest BCUT2D eigenvalue weighted by Crippen LogP contribution is 2.33. The first-order valence-corrected chi connectivity index (χ1v) is 13.1. The fourth-order valence-electron chi connectivity index (χ4n) is 5.15. The van der Waals surface area contributed by atoms with Gasteiger partial charge in [0.05, 0.1) is 29.4 Å². The zero-order valence-corrected chi connectivity index (χ0v) is 21.9. The van der Waals surface area contributed by atoms with Crippen molar-refractivity contribution in [1.82, 2.24) is 19.9 Å². The standard InChI is InChI=1S/C26H30ClN5O6/c1-31(2)26(34)37-16-7-9-32(10-8-16)15-5-3-14(4-6-15)21-17(27)11-18-24(29-21)30-25(28-18)38-20-13-36-22-19(33)12-35-23(20)22/h3-6,11,16,19-20,22-23,33H,7-10,12-13H2,1-2H3,(H,28,29,30). The molecule has 1 aromatic carbocycles. The van der Waals surface area contributed by atoms with Crippen molar-refractivity contribution in [3.8, 4) is 17.3 Å². The Kier molecular flexibility index (Phi) is 6.77. The van der Waals surface area contributed by atoms with Crippen LogP contribution in [0.2, 0.25) is 5.02 Å². The summed E-state index contributed by atoms with van der Waals surface area (Å²) in [5.41, 5.74) is 3.74. The van der Waals surface area contributed by atoms with Gasteiger partial charge in [-0.2, -0.15) is 4.98 Å². The van der Waals surface area contributed by atoms with Crippen molar-refractivity contribution in [3.05, 3.63) is 35.4 Å². The number of rotatable bonds is 5. The molecule has 202 valence electrons. The summed E-state index contributed by atoms with van der Waals surface area (Å²) >= 11 is 6.60. The molecule has 3 aliphatic rings. The lowest BCUT2D eigenvalue weighted by Crippen LogP contribution is -2.39. The van der Waals surface area contributed by atoms with Gasteiger partial charge < -0.3 is 38.8 Å². The van der Waals surface area contributed by atoms with Crippen LogP contribution in [-0.4, -0.2) is 102 Å². The quantitative estimate of drug-likeness (QED) is 0.500. The predicted octanol–water partition coefficient (Wildman–Crippen LogP) is 2.85. The molecule has 0 spiro atoms. The third kappa shape index (κ3) is 4.86. The third-order valence-corrected chi connectivity index (χ3v) is 7.52. The van der Waals surface area contributed by atoms with E-state index < -0.39 is 6.10 Å². The van der Waals surface area contributed by atoms with E-state index in [1.165, 1.54) is 4.90 Å². The molecule has 1 amide bonds. The van der Waals surface area contributed by atoms with Crippen LogP contribution < -0.4 is 9.64 Å². The van der Waals surface area contributed by atoms with Crippen LogP contribution in [0, 0.1) is 0 Å². The van der Waals surface area contributed by atoms with Crippen LogP contribution in [0.25, 0.3) is 22.4 Å². The van der Waals surface area contributed by atoms with Crippen LogP contribution in [-0.2, 0) is 14.2 Å². The van der Waals surface area contributed by atoms with Crippen LogP contribution in [0.5, 0.6) is 6.01 Å². The number of hydrogen-bond acceptors (Lipinski definition) is 9. The molecule has 3 fully saturated rings. The Labute approximate surface area is 224 Å². The van der Waals surface area contributed by atoms with Gasteiger partial charge in [-0.15, -0.1) is 0 Å². The summed E-state index contributed by atoms with van der Waals surface area (Å²) in [5.74, 6) is 0. The molecule has 0 bridgehead atoms. The second kappa shape index (κ2) is 10.2. The van der Waals surface area contributed by atoms with Crippen molar-refractivity contribution in [2.75, 3.05) is 45.3 Å². The SMILES string of the molecule is CN(C)C(=O)OC1CCN(c2ccc(-c3nc4nc(OC5COC6C(O)COC56)[nH]c4cc3Cl)cc2)CC1. The molecule has 0 saturated carbocycles. The smallest absolute Gasteiger partial charge is 0.409 e. The van der Waals surface area contributed by atoms with Crippen molar-refractivity contribution >= 4 is 34.5 Å². The first-order chi connectivity index (χ1) is 18.4. The van der Waals surface area contributed by atoms with Gasteiger partial charge in [0.1, 0.15) is 24.4 Å². The van der Waals surface area contributed by atoms with E-state index in [4.69, 9.17) is 30.5 Å². The van der Waals surface area contributed by atoms with Gasteiger partial charge in [0.15, 0.2) is 11.8 Å². The normalized spacial score (nSPS) is 25.5. The van der Waals surface area contributed by atoms with Crippen molar-refractivity contribution in [1.29, 1.82) is 0 Å². The lowest BCUT2D eigenvalue weighted by Gasteiger charge is -2.33. The number of imidazole rings is 1. The number of aliphatic hydroxyl groups is 1. The molecule has 6 rings (SSSR count). The Morgan fingerprint density at radius 2 is 1.87 bits per heavy atom. The Hall–Kier alpha value is -3.12. The van der Waals surface area contributed by atoms with Crippen LogP contribution in [0.3, 0.4) is 0 Å². The summed E-state index contributed by atoms with van der Waals surface area (Å²) in [7, 11) is 3.38. The number of anilines is 1. The zero-order valence-electron chi connectivity index (χ0n) is 21.2. The second-order valence-electron chi connectivity index (χ2n) is 10.1. The number of hydrogen-bond donors (Lipinski definition) is 2. The summed E-state index contributed by atoms with van der Waals surface area (Å²) in [6, 6.07) is 10.2. The van der Waals surface area contributed by atoms with E-state index >= 15 is 0 Å². The van der Waals surface area contributed by atoms with Crippen molar-refractivity contribution in [2.45, 2.75) is 43.4 Å². The Morgan fingerprint density at radius 1 is 1.13 bits per heavy atom. The first kappa shape index (κ1) is 25.2. The molecule has 11 nitrogen and oxygen atoms in total. The highest BCUT2D eigenvalue weighted by atomic mass is 35.5. The molecular formula is C26H30ClN5O6. The number of aromatic amines is 1. The molecule has 3 saturated heterocycles. The number of carbonyl (C=O) groups excluding carboxylic acids is 1. The Bertz CT molecular complexity index is 1310. The molecule has 5 heterocycles. The van der Waals surface area contributed by atoms with E-state index in [-0.39, 0.29) is 37.1 Å². The summed E-state index contributed by atoms with van der Waals surface area (Å²) in [6.07, 6.45) is -0.498. The van der Waals surface area contributed by atoms with Crippen LogP contribution in [0.1, 0.15) is 12.8 Å². The Balaban J connectivity index is 1.12. The van der Waals surface area contributed by atoms with E-state index in [1.54, 1.807) is 20.2 Å². The van der Waals surface area contributed by atoms with Gasteiger partial charge in [0, 0.05) is 51.3 Å². The third-order valence-electron chi connectivity index (χ3n) is 7.23. The van der Waals surface area contributed by atoms with Crippen molar-refractivity contribution < 1.29 is 28.8 Å². The van der Waals surface area contributed by atoms with Crippen LogP contribution >= 0.6 is 11.6 Å². The fourth-order valence-corrected chi connectivity index (χ4v) is 5.41. The highest BCUT2D eigenvalue weighted by Gasteiger charge is 2.48. The lowest BCUT2D eigenvalue weighted by molar-refractivity contribution is 0.00706. The van der Waals surface area contributed by atoms with E-state index in [0.717, 1.165) is 37.2 Å². The molecule has 2 N–H and O–H groups in total. The highest BCUT2D eigenvalue weighted by molar-refractivity contribution is 6.33. The summed E-state index contributed by atoms with van der Waals surface area (Å²) in [4.78, 5) is 27.8. The van der Waals surface area contributed by atoms with Crippen LogP contribution in [0.4, 0.5) is 10.5 Å². The number of piperidine rings is 1. The van der Waals surface area contributed by atoms with E-state index in [1.807, 2.05) is 12.1 Å². The minimum atomic E-state index is -0.640. The predicted molar refractivity (Wildman–Crippen MR) is 140 cm³/mol. The van der Waals surface area contributed by atoms with E-state index in [2.05, 4.69) is 32.0 Å². The number of nitrogens with one attached hydrogen (secondary N) is 1. The lowest BCUT2D eigenvalue weighted by atomic mass is 10.1. The molecule has 0 aliphatic carbocycles. The minimum Gasteiger partial charge on any atom is -0.456 e. The maximum absolute atomic E-state index is 11.8. The van der Waals surface area contributed by atoms with Gasteiger partial charge >= 0.3 is 6.09 Å². The summed E-state index contributed by atoms with van der Waals surface area (Å²) in [6.45, 7) is 2.17. The minimum absolute atomic E-state index is 0.0576. The average Bonchev–Trinajstić information content (AvgIpc) is 3.60. The number of benzene rings is 1. The van der Waals surface area contributed by atoms with E-state index in [0.29, 0.717) is 34.5 Å². The first-order valence-electron chi connectivity index (χ1n) is 12.7. The van der Waals surface area contributed by atoms with Gasteiger partial charge in [-0.1, -0.05) is 23.7 Å². The number of aromatic nitrogens is 3. The molecule has 4 unspecified atom stereocenters. The summed E-state index contributed by atoms with van der Waals surface area (Å²) in [5, 5.41) is 10.4. The van der Waals surface area contributed by atoms with Gasteiger partial charge in [0.2, 0.25) is 0 Å². The number of amides is 1. The number of ether oxygens (including phenoxy) is 4. The number of H-pyrrole nitrogens is 1. The number of carbonyl (C=O) groups is 1. The molecule has 12 heteroatoms. The monoisotopic (exact) mass is 543 g/mol. The molecule has 2 aromatic heterocycles. The number of pyridine rings is 1. The summed E-state index contributed by atoms with van der Waals surface area (Å²) < 4.78 is 22.8. The molecule has 38 heavy (non-hydrogen) atoms. The maximum atomic E-state index is 11.8. The molecule has 0 radical (unpaired) electrons. The number of aliphatic hydroxyl groups excluding tert-OH is 1. The Morgan fingerprint density at radius 3 is 2.61 bits per heavy atom. The maximum Gasteiger partial charge on any atom is 0.409 e. The zero-order chi connectivity index (χ0) is 26.4. The molecular weight excluding hydrogens is 514 g/mol. The van der Waals surface area contributed by atoms with Gasteiger partial charge in [-0.05, 0) is 18.2 Å². The van der Waals surface area contributed by atoms with Gasteiger partial charge in [0.25, 0.3) is 6.01 Å². The fraction of sp³-hybridized carbons (Fsp3) is 0.500. The van der Waals surface area contributed by atoms with E-state index in [9.17, 15) is 9.90 Å². The number of fused-ring (bicyclic) bond motifs is 2. The van der Waals surface area contributed by atoms with Crippen molar-refractivity contribution in [2.24, 2.45) is 0 Å². The van der Waals surface area contributed by atoms with Gasteiger partial charge in [-0.3, -0.25) is 0 Å². The van der Waals surface area contributed by atoms with Crippen LogP contribution in [0.15, 0.2) is 30.3 Å². The molecule has 3 aromatic rings. The molecule has 3 aliphatic heterocycles. The number of nitrogens with zero attached hydrogens (tertiary/aromatic N) is 4. The average molecular weight is 544 g/mol. The topological polar surface area (TPSA) is 122 Å². The second-order valence-corrected chi connectivity index (χ2v) is 10.5.